The normalized spacial score (nSPS) is 16.4. The number of ketones is 1. The molecule has 0 unspecified atom stereocenters. The van der Waals surface area contributed by atoms with Crippen molar-refractivity contribution in [1.82, 2.24) is 4.90 Å². The van der Waals surface area contributed by atoms with E-state index in [1.54, 1.807) is 41.4 Å². The number of allylic oxidation sites excluding steroid dienone is 4. The van der Waals surface area contributed by atoms with Crippen molar-refractivity contribution in [2.75, 3.05) is 18.1 Å². The SMILES string of the molecule is CCOC(=O)C1=C2C=CC=CN2C(=C(SCC)SCC)C1=O. The predicted molar refractivity (Wildman–Crippen MR) is 92.1 cm³/mol. The highest BCUT2D eigenvalue weighted by molar-refractivity contribution is 8.22. The first kappa shape index (κ1) is 17.0. The minimum Gasteiger partial charge on any atom is -0.462 e. The lowest BCUT2D eigenvalue weighted by Gasteiger charge is -2.21. The molecular weight excluding hydrogens is 318 g/mol. The quantitative estimate of drug-likeness (QED) is 0.420. The summed E-state index contributed by atoms with van der Waals surface area (Å²) in [6.45, 7) is 6.08. The third-order valence-electron chi connectivity index (χ3n) is 3.02. The van der Waals surface area contributed by atoms with E-state index in [-0.39, 0.29) is 18.0 Å². The first-order valence-electron chi connectivity index (χ1n) is 7.25. The molecule has 22 heavy (non-hydrogen) atoms. The van der Waals surface area contributed by atoms with Crippen LogP contribution < -0.4 is 0 Å². The smallest absolute Gasteiger partial charge is 0.344 e. The Morgan fingerprint density at radius 1 is 1.18 bits per heavy atom. The van der Waals surface area contributed by atoms with Crippen LogP contribution in [-0.2, 0) is 14.3 Å². The second-order valence-electron chi connectivity index (χ2n) is 4.38. The van der Waals surface area contributed by atoms with E-state index in [9.17, 15) is 9.59 Å². The van der Waals surface area contributed by atoms with Gasteiger partial charge < -0.3 is 9.64 Å². The molecule has 0 aromatic carbocycles. The van der Waals surface area contributed by atoms with Crippen LogP contribution in [0.2, 0.25) is 0 Å². The standard InChI is InChI=1S/C16H19NO3S2/c1-4-20-15(19)12-11-9-7-8-10-17(11)13(14(12)18)16(21-5-2)22-6-3/h7-10H,4-6H2,1-3H3. The summed E-state index contributed by atoms with van der Waals surface area (Å²) in [5, 5.41) is 0. The highest BCUT2D eigenvalue weighted by atomic mass is 32.2. The highest BCUT2D eigenvalue weighted by Gasteiger charge is 2.40. The van der Waals surface area contributed by atoms with Crippen LogP contribution in [-0.4, -0.2) is 34.8 Å². The number of esters is 1. The molecule has 0 aromatic heterocycles. The summed E-state index contributed by atoms with van der Waals surface area (Å²) in [6, 6.07) is 0. The van der Waals surface area contributed by atoms with E-state index in [2.05, 4.69) is 0 Å². The average Bonchev–Trinajstić information content (AvgIpc) is 2.79. The largest absolute Gasteiger partial charge is 0.462 e. The van der Waals surface area contributed by atoms with Gasteiger partial charge in [0.2, 0.25) is 5.78 Å². The molecule has 0 saturated heterocycles. The Labute approximate surface area is 139 Å². The van der Waals surface area contributed by atoms with E-state index in [0.717, 1.165) is 15.7 Å². The van der Waals surface area contributed by atoms with Gasteiger partial charge >= 0.3 is 5.97 Å². The van der Waals surface area contributed by atoms with Gasteiger partial charge in [-0.05, 0) is 30.6 Å². The molecule has 0 aliphatic carbocycles. The molecule has 2 aliphatic rings. The lowest BCUT2D eigenvalue weighted by molar-refractivity contribution is -0.139. The number of thioether (sulfide) groups is 2. The number of hydrogen-bond donors (Lipinski definition) is 0. The fourth-order valence-electron chi connectivity index (χ4n) is 2.22. The van der Waals surface area contributed by atoms with E-state index < -0.39 is 5.97 Å². The zero-order valence-electron chi connectivity index (χ0n) is 12.9. The zero-order valence-corrected chi connectivity index (χ0v) is 14.6. The minimum absolute atomic E-state index is 0.128. The van der Waals surface area contributed by atoms with Crippen molar-refractivity contribution in [3.05, 3.63) is 45.6 Å². The fourth-order valence-corrected chi connectivity index (χ4v) is 4.44. The number of nitrogens with zero attached hydrogens (tertiary/aromatic N) is 1. The van der Waals surface area contributed by atoms with Gasteiger partial charge in [-0.25, -0.2) is 4.79 Å². The Morgan fingerprint density at radius 3 is 2.45 bits per heavy atom. The molecule has 118 valence electrons. The molecule has 0 saturated carbocycles. The second-order valence-corrected chi connectivity index (χ2v) is 7.19. The van der Waals surface area contributed by atoms with Crippen LogP contribution in [0.1, 0.15) is 20.8 Å². The molecule has 2 aliphatic heterocycles. The number of ether oxygens (including phenoxy) is 1. The third kappa shape index (κ3) is 3.17. The Bertz CT molecular complexity index is 595. The van der Waals surface area contributed by atoms with Crippen molar-refractivity contribution in [1.29, 1.82) is 0 Å². The molecule has 2 rings (SSSR count). The molecule has 2 heterocycles. The van der Waals surface area contributed by atoms with Crippen LogP contribution in [0.4, 0.5) is 0 Å². The number of Topliss-reactive ketones (excluding diaryl/α,β-unsaturated/α-hetero) is 1. The second kappa shape index (κ2) is 7.74. The lowest BCUT2D eigenvalue weighted by atomic mass is 10.1. The summed E-state index contributed by atoms with van der Waals surface area (Å²) >= 11 is 3.26. The zero-order chi connectivity index (χ0) is 16.1. The summed E-state index contributed by atoms with van der Waals surface area (Å²) in [7, 11) is 0. The van der Waals surface area contributed by atoms with Crippen molar-refractivity contribution in [2.45, 2.75) is 20.8 Å². The molecule has 4 nitrogen and oxygen atoms in total. The van der Waals surface area contributed by atoms with Crippen LogP contribution in [0.3, 0.4) is 0 Å². The third-order valence-corrected chi connectivity index (χ3v) is 5.22. The van der Waals surface area contributed by atoms with Crippen LogP contribution in [0.5, 0.6) is 0 Å². The van der Waals surface area contributed by atoms with Crippen molar-refractivity contribution >= 4 is 35.3 Å². The van der Waals surface area contributed by atoms with Gasteiger partial charge in [0.25, 0.3) is 0 Å². The van der Waals surface area contributed by atoms with Crippen LogP contribution >= 0.6 is 23.5 Å². The van der Waals surface area contributed by atoms with Gasteiger partial charge in [0.05, 0.1) is 16.5 Å². The van der Waals surface area contributed by atoms with Crippen molar-refractivity contribution < 1.29 is 14.3 Å². The molecular formula is C16H19NO3S2. The van der Waals surface area contributed by atoms with E-state index in [1.807, 2.05) is 32.2 Å². The van der Waals surface area contributed by atoms with Gasteiger partial charge in [-0.1, -0.05) is 19.9 Å². The molecule has 0 fully saturated rings. The molecule has 0 atom stereocenters. The Hall–Kier alpha value is -1.40. The van der Waals surface area contributed by atoms with Gasteiger partial charge in [-0.2, -0.15) is 0 Å². The maximum absolute atomic E-state index is 12.8. The van der Waals surface area contributed by atoms with Gasteiger partial charge in [-0.3, -0.25) is 4.79 Å². The molecule has 0 aromatic rings. The van der Waals surface area contributed by atoms with Crippen molar-refractivity contribution in [3.8, 4) is 0 Å². The van der Waals surface area contributed by atoms with Gasteiger partial charge in [0.15, 0.2) is 0 Å². The molecule has 0 radical (unpaired) electrons. The van der Waals surface area contributed by atoms with Crippen LogP contribution in [0.25, 0.3) is 0 Å². The Morgan fingerprint density at radius 2 is 1.86 bits per heavy atom. The lowest BCUT2D eigenvalue weighted by Crippen LogP contribution is -2.16. The van der Waals surface area contributed by atoms with Gasteiger partial charge in [-0.15, -0.1) is 23.5 Å². The summed E-state index contributed by atoms with van der Waals surface area (Å²) in [5.74, 6) is 0.944. The van der Waals surface area contributed by atoms with Crippen molar-refractivity contribution in [2.24, 2.45) is 0 Å². The number of fused-ring (bicyclic) bond motifs is 1. The van der Waals surface area contributed by atoms with Crippen LogP contribution in [0, 0.1) is 0 Å². The monoisotopic (exact) mass is 337 g/mol. The van der Waals surface area contributed by atoms with Gasteiger partial charge in [0.1, 0.15) is 11.3 Å². The number of carbonyl (C=O) groups is 2. The number of rotatable bonds is 6. The summed E-state index contributed by atoms with van der Waals surface area (Å²) in [6.07, 6.45) is 7.28. The van der Waals surface area contributed by atoms with E-state index in [0.29, 0.717) is 11.4 Å². The first-order chi connectivity index (χ1) is 10.7. The first-order valence-corrected chi connectivity index (χ1v) is 9.22. The summed E-state index contributed by atoms with van der Waals surface area (Å²) < 4.78 is 6.01. The van der Waals surface area contributed by atoms with E-state index in [1.165, 1.54) is 0 Å². The fraction of sp³-hybridized carbons (Fsp3) is 0.375. The van der Waals surface area contributed by atoms with Crippen molar-refractivity contribution in [3.63, 3.8) is 0 Å². The number of carbonyl (C=O) groups excluding carboxylic acids is 2. The maximum atomic E-state index is 12.8. The van der Waals surface area contributed by atoms with Crippen LogP contribution in [0.15, 0.2) is 45.6 Å². The molecule has 0 N–H and O–H groups in total. The van der Waals surface area contributed by atoms with E-state index in [4.69, 9.17) is 4.74 Å². The van der Waals surface area contributed by atoms with E-state index >= 15 is 0 Å². The summed E-state index contributed by atoms with van der Waals surface area (Å²) in [5.41, 5.74) is 1.30. The average molecular weight is 337 g/mol. The number of hydrogen-bond acceptors (Lipinski definition) is 6. The molecule has 0 amide bonds. The minimum atomic E-state index is -0.551. The van der Waals surface area contributed by atoms with Gasteiger partial charge in [0, 0.05) is 6.20 Å². The Kier molecular flexibility index (Phi) is 5.97. The predicted octanol–water partition coefficient (Wildman–Crippen LogP) is 3.45. The molecule has 6 heteroatoms. The molecule has 0 spiro atoms. The molecule has 0 bridgehead atoms. The Balaban J connectivity index is 2.51. The summed E-state index contributed by atoms with van der Waals surface area (Å²) in [4.78, 5) is 26.8. The highest BCUT2D eigenvalue weighted by Crippen LogP contribution is 2.41. The topological polar surface area (TPSA) is 46.6 Å². The maximum Gasteiger partial charge on any atom is 0.344 e.